The van der Waals surface area contributed by atoms with Crippen LogP contribution in [0.15, 0.2) is 48.0 Å². The number of aliphatic hydroxyl groups excluding tert-OH is 1. The quantitative estimate of drug-likeness (QED) is 0.383. The average molecular weight is 423 g/mol. The van der Waals surface area contributed by atoms with Gasteiger partial charge in [-0.2, -0.15) is 0 Å². The molecule has 2 heterocycles. The number of quaternary nitrogens is 1. The fourth-order valence-corrected chi connectivity index (χ4v) is 4.22. The van der Waals surface area contributed by atoms with Gasteiger partial charge in [-0.05, 0) is 48.4 Å². The number of benzene rings is 2. The highest BCUT2D eigenvalue weighted by Gasteiger charge is 2.46. The molecule has 0 aromatic heterocycles. The summed E-state index contributed by atoms with van der Waals surface area (Å²) in [5.74, 6) is -0.777. The molecular weight excluding hydrogens is 396 g/mol. The Bertz CT molecular complexity index is 1080. The van der Waals surface area contributed by atoms with E-state index in [1.807, 2.05) is 27.1 Å². The van der Waals surface area contributed by atoms with E-state index in [1.165, 1.54) is 17.0 Å². The van der Waals surface area contributed by atoms with Gasteiger partial charge in [-0.15, -0.1) is 0 Å². The second-order valence-corrected chi connectivity index (χ2v) is 8.50. The molecule has 0 unspecified atom stereocenters. The topological polar surface area (TPSA) is 91.5 Å². The Morgan fingerprint density at radius 1 is 1.19 bits per heavy atom. The largest absolute Gasteiger partial charge is 0.508 e. The summed E-state index contributed by atoms with van der Waals surface area (Å²) in [5, 5.41) is 21.2. The number of nitrogens with one attached hydrogen (secondary N) is 1. The van der Waals surface area contributed by atoms with Crippen molar-refractivity contribution in [3.8, 4) is 11.5 Å². The summed E-state index contributed by atoms with van der Waals surface area (Å²) in [6, 6.07) is 11.0. The Hall–Kier alpha value is -3.32. The number of carbonyl (C=O) groups is 2. The zero-order valence-electron chi connectivity index (χ0n) is 17.9. The van der Waals surface area contributed by atoms with Gasteiger partial charge in [-0.3, -0.25) is 9.59 Å². The first-order valence-corrected chi connectivity index (χ1v) is 10.4. The number of ether oxygens (including phenoxy) is 1. The number of likely N-dealkylation sites (tertiary alicyclic amines) is 1. The summed E-state index contributed by atoms with van der Waals surface area (Å²) in [6.07, 6.45) is 0.769. The fourth-order valence-electron chi connectivity index (χ4n) is 4.22. The third-order valence-electron chi connectivity index (χ3n) is 5.75. The van der Waals surface area contributed by atoms with Crippen molar-refractivity contribution in [1.29, 1.82) is 0 Å². The van der Waals surface area contributed by atoms with E-state index in [1.54, 1.807) is 24.3 Å². The van der Waals surface area contributed by atoms with Crippen LogP contribution in [0.1, 0.15) is 29.7 Å². The summed E-state index contributed by atoms with van der Waals surface area (Å²) in [7, 11) is 3.93. The van der Waals surface area contributed by atoms with Gasteiger partial charge < -0.3 is 24.7 Å². The van der Waals surface area contributed by atoms with E-state index in [4.69, 9.17) is 4.74 Å². The maximum absolute atomic E-state index is 13.0. The zero-order chi connectivity index (χ0) is 22.3. The second kappa shape index (κ2) is 8.07. The highest BCUT2D eigenvalue weighted by atomic mass is 16.5. The number of aliphatic hydroxyl groups is 1. The molecule has 7 nitrogen and oxygen atoms in total. The summed E-state index contributed by atoms with van der Waals surface area (Å²) >= 11 is 0. The van der Waals surface area contributed by atoms with Crippen molar-refractivity contribution >= 4 is 17.4 Å². The smallest absolute Gasteiger partial charge is 0.295 e. The third-order valence-corrected chi connectivity index (χ3v) is 5.75. The number of hydrogen-bond acceptors (Lipinski definition) is 5. The van der Waals surface area contributed by atoms with Crippen LogP contribution in [0.2, 0.25) is 0 Å². The first-order valence-electron chi connectivity index (χ1n) is 10.4. The molecule has 0 spiro atoms. The summed E-state index contributed by atoms with van der Waals surface area (Å²) in [5.41, 5.74) is 2.04. The molecule has 0 radical (unpaired) electrons. The Morgan fingerprint density at radius 2 is 1.97 bits per heavy atom. The van der Waals surface area contributed by atoms with Crippen LogP contribution in [0.25, 0.3) is 5.76 Å². The molecule has 1 saturated heterocycles. The lowest BCUT2D eigenvalue weighted by molar-refractivity contribution is -0.857. The molecule has 2 aromatic rings. The van der Waals surface area contributed by atoms with Crippen molar-refractivity contribution in [1.82, 2.24) is 4.90 Å². The van der Waals surface area contributed by atoms with Crippen molar-refractivity contribution in [2.75, 3.05) is 27.2 Å². The van der Waals surface area contributed by atoms with Gasteiger partial charge in [0.2, 0.25) is 0 Å². The lowest BCUT2D eigenvalue weighted by atomic mass is 9.94. The fraction of sp³-hybridized carbons (Fsp3) is 0.333. The number of Topliss-reactive ketones (excluding diaryl/α,β-unsaturated/α-hetero) is 1. The lowest BCUT2D eigenvalue weighted by Gasteiger charge is -2.25. The number of ketones is 1. The van der Waals surface area contributed by atoms with Crippen molar-refractivity contribution in [3.05, 3.63) is 64.7 Å². The molecule has 31 heavy (non-hydrogen) atoms. The van der Waals surface area contributed by atoms with Crippen LogP contribution in [0.4, 0.5) is 0 Å². The summed E-state index contributed by atoms with van der Waals surface area (Å²) in [4.78, 5) is 28.5. The average Bonchev–Trinajstić information content (AvgIpc) is 3.22. The van der Waals surface area contributed by atoms with Crippen LogP contribution in [0.5, 0.6) is 11.5 Å². The molecule has 3 N–H and O–H groups in total. The standard InChI is InChI=1S/C24H26N2O5/c1-14-11-17-12-16(7-8-19(17)31-14)22(28)20-21(15-5-4-6-18(27)13-15)26(10-9-25(2)3)24(30)23(20)29/h4-8,12-14,21,27-28H,9-11H2,1-3H3/p+1/t14-,21+/m1/s1. The van der Waals surface area contributed by atoms with E-state index in [0.29, 0.717) is 30.6 Å². The first-order chi connectivity index (χ1) is 14.8. The monoisotopic (exact) mass is 423 g/mol. The van der Waals surface area contributed by atoms with Crippen molar-refractivity contribution < 1.29 is 29.4 Å². The predicted molar refractivity (Wildman–Crippen MR) is 115 cm³/mol. The molecule has 7 heteroatoms. The van der Waals surface area contributed by atoms with E-state index >= 15 is 0 Å². The number of nitrogens with zero attached hydrogens (tertiary/aromatic N) is 1. The SMILES string of the molecule is C[C@@H]1Cc2cc(C(O)=C3C(=O)C(=O)N(CC[NH+](C)C)[C@H]3c3cccc(O)c3)ccc2O1. The maximum atomic E-state index is 13.0. The van der Waals surface area contributed by atoms with Gasteiger partial charge in [-0.1, -0.05) is 12.1 Å². The third kappa shape index (κ3) is 3.88. The van der Waals surface area contributed by atoms with Crippen LogP contribution in [-0.2, 0) is 16.0 Å². The minimum Gasteiger partial charge on any atom is -0.508 e. The lowest BCUT2D eigenvalue weighted by Crippen LogP contribution is -3.06. The van der Waals surface area contributed by atoms with Crippen LogP contribution >= 0.6 is 0 Å². The minimum atomic E-state index is -0.769. The molecule has 1 amide bonds. The molecule has 2 aliphatic heterocycles. The molecule has 1 fully saturated rings. The molecule has 162 valence electrons. The van der Waals surface area contributed by atoms with Crippen LogP contribution in [0, 0.1) is 0 Å². The molecule has 2 aromatic carbocycles. The van der Waals surface area contributed by atoms with Gasteiger partial charge in [0.25, 0.3) is 11.7 Å². The van der Waals surface area contributed by atoms with E-state index in [9.17, 15) is 19.8 Å². The number of phenolic OH excluding ortho intramolecular Hbond substituents is 1. The van der Waals surface area contributed by atoms with Gasteiger partial charge in [0.1, 0.15) is 23.4 Å². The van der Waals surface area contributed by atoms with E-state index in [0.717, 1.165) is 16.2 Å². The van der Waals surface area contributed by atoms with Gasteiger partial charge in [0.15, 0.2) is 0 Å². The normalized spacial score (nSPS) is 22.1. The number of likely N-dealkylation sites (N-methyl/N-ethyl adjacent to an activating group) is 1. The highest BCUT2D eigenvalue weighted by Crippen LogP contribution is 2.41. The molecule has 0 bridgehead atoms. The van der Waals surface area contributed by atoms with Crippen molar-refractivity contribution in [2.45, 2.75) is 25.5 Å². The van der Waals surface area contributed by atoms with E-state index in [-0.39, 0.29) is 23.2 Å². The van der Waals surface area contributed by atoms with Crippen LogP contribution in [-0.4, -0.2) is 60.1 Å². The molecule has 4 rings (SSSR count). The van der Waals surface area contributed by atoms with Crippen molar-refractivity contribution in [2.24, 2.45) is 0 Å². The number of carbonyl (C=O) groups excluding carboxylic acids is 2. The molecular formula is C24H27N2O5+. The number of rotatable bonds is 5. The van der Waals surface area contributed by atoms with Crippen molar-refractivity contribution in [3.63, 3.8) is 0 Å². The minimum absolute atomic E-state index is 0.0324. The number of phenols is 1. The van der Waals surface area contributed by atoms with Gasteiger partial charge >= 0.3 is 0 Å². The Morgan fingerprint density at radius 3 is 2.68 bits per heavy atom. The predicted octanol–water partition coefficient (Wildman–Crippen LogP) is 1.28. The van der Waals surface area contributed by atoms with Gasteiger partial charge in [0.05, 0.1) is 38.8 Å². The number of hydrogen-bond donors (Lipinski definition) is 3. The number of aromatic hydroxyl groups is 1. The number of amides is 1. The van der Waals surface area contributed by atoms with E-state index < -0.39 is 17.7 Å². The summed E-state index contributed by atoms with van der Waals surface area (Å²) < 4.78 is 5.72. The Labute approximate surface area is 181 Å². The zero-order valence-corrected chi connectivity index (χ0v) is 17.9. The maximum Gasteiger partial charge on any atom is 0.295 e. The molecule has 0 aliphatic carbocycles. The molecule has 0 saturated carbocycles. The summed E-state index contributed by atoms with van der Waals surface area (Å²) in [6.45, 7) is 2.95. The van der Waals surface area contributed by atoms with Gasteiger partial charge in [0, 0.05) is 12.0 Å². The van der Waals surface area contributed by atoms with Gasteiger partial charge in [-0.25, -0.2) is 0 Å². The second-order valence-electron chi connectivity index (χ2n) is 8.50. The Kier molecular flexibility index (Phi) is 5.45. The number of fused-ring (bicyclic) bond motifs is 1. The van der Waals surface area contributed by atoms with Crippen LogP contribution in [0.3, 0.4) is 0 Å². The van der Waals surface area contributed by atoms with Crippen LogP contribution < -0.4 is 9.64 Å². The first kappa shape index (κ1) is 20.9. The van der Waals surface area contributed by atoms with E-state index in [2.05, 4.69) is 0 Å². The molecule has 2 atom stereocenters. The molecule has 2 aliphatic rings. The highest BCUT2D eigenvalue weighted by molar-refractivity contribution is 6.46. The Balaban J connectivity index is 1.82.